The molecular weight excluding hydrogens is 291 g/mol. The van der Waals surface area contributed by atoms with Gasteiger partial charge in [-0.1, -0.05) is 24.6 Å². The number of ether oxygens (including phenoxy) is 1. The quantitative estimate of drug-likeness (QED) is 0.882. The lowest BCUT2D eigenvalue weighted by Crippen LogP contribution is -2.25. The molecule has 0 radical (unpaired) electrons. The van der Waals surface area contributed by atoms with Crippen LogP contribution in [0.5, 0.6) is 5.75 Å². The summed E-state index contributed by atoms with van der Waals surface area (Å²) in [6.07, 6.45) is 2.11. The first-order valence-electron chi connectivity index (χ1n) is 6.82. The highest BCUT2D eigenvalue weighted by Gasteiger charge is 2.20. The molecule has 1 unspecified atom stereocenters. The van der Waals surface area contributed by atoms with Crippen molar-refractivity contribution < 1.29 is 9.13 Å². The number of nitrogens with zero attached hydrogens (tertiary/aromatic N) is 1. The Morgan fingerprint density at radius 3 is 2.81 bits per heavy atom. The molecule has 0 fully saturated rings. The average Bonchev–Trinajstić information content (AvgIpc) is 2.50. The molecule has 1 atom stereocenters. The molecule has 2 rings (SSSR count). The largest absolute Gasteiger partial charge is 0.495 e. The Morgan fingerprint density at radius 2 is 2.14 bits per heavy atom. The molecule has 1 aromatic carbocycles. The molecule has 0 saturated heterocycles. The van der Waals surface area contributed by atoms with Crippen LogP contribution in [0.15, 0.2) is 36.5 Å². The molecule has 3 nitrogen and oxygen atoms in total. The van der Waals surface area contributed by atoms with Gasteiger partial charge in [0.15, 0.2) is 0 Å². The Kier molecular flexibility index (Phi) is 5.53. The molecule has 0 aliphatic heterocycles. The maximum Gasteiger partial charge on any atom is 0.141 e. The van der Waals surface area contributed by atoms with Crippen LogP contribution in [0.2, 0.25) is 5.02 Å². The molecular formula is C16H18ClFN2O. The molecule has 0 saturated carbocycles. The van der Waals surface area contributed by atoms with Crippen LogP contribution in [0.3, 0.4) is 0 Å². The zero-order valence-electron chi connectivity index (χ0n) is 12.1. The number of hydrogen-bond donors (Lipinski definition) is 1. The van der Waals surface area contributed by atoms with Gasteiger partial charge < -0.3 is 10.1 Å². The maximum atomic E-state index is 14.0. The molecule has 1 aromatic heterocycles. The Morgan fingerprint density at radius 1 is 1.33 bits per heavy atom. The van der Waals surface area contributed by atoms with Crippen molar-refractivity contribution in [1.82, 2.24) is 10.3 Å². The summed E-state index contributed by atoms with van der Waals surface area (Å²) in [5, 5.41) is 3.73. The van der Waals surface area contributed by atoms with Gasteiger partial charge in [0.25, 0.3) is 0 Å². The van der Waals surface area contributed by atoms with Crippen LogP contribution in [0.1, 0.15) is 24.2 Å². The van der Waals surface area contributed by atoms with Crippen molar-refractivity contribution >= 4 is 11.6 Å². The minimum absolute atomic E-state index is 0.166. The smallest absolute Gasteiger partial charge is 0.141 e. The molecule has 0 amide bonds. The lowest BCUT2D eigenvalue weighted by molar-refractivity contribution is 0.393. The van der Waals surface area contributed by atoms with Gasteiger partial charge in [0, 0.05) is 16.8 Å². The molecule has 0 aliphatic rings. The van der Waals surface area contributed by atoms with Crippen molar-refractivity contribution in [1.29, 1.82) is 0 Å². The van der Waals surface area contributed by atoms with Gasteiger partial charge >= 0.3 is 0 Å². The van der Waals surface area contributed by atoms with Gasteiger partial charge in [0.05, 0.1) is 18.8 Å². The van der Waals surface area contributed by atoms with Crippen LogP contribution in [0.25, 0.3) is 0 Å². The summed E-state index contributed by atoms with van der Waals surface area (Å²) in [5.74, 6) is 0.371. The lowest BCUT2D eigenvalue weighted by Gasteiger charge is -2.20. The van der Waals surface area contributed by atoms with Crippen LogP contribution < -0.4 is 10.1 Å². The van der Waals surface area contributed by atoms with Gasteiger partial charge in [-0.05, 0) is 37.2 Å². The van der Waals surface area contributed by atoms with Crippen LogP contribution in [-0.2, 0) is 6.42 Å². The zero-order chi connectivity index (χ0) is 15.2. The van der Waals surface area contributed by atoms with Gasteiger partial charge in [-0.2, -0.15) is 0 Å². The highest BCUT2D eigenvalue weighted by atomic mass is 35.5. The number of nitrogens with one attached hydrogen (secondary N) is 1. The van der Waals surface area contributed by atoms with Crippen LogP contribution >= 0.6 is 11.6 Å². The monoisotopic (exact) mass is 308 g/mol. The van der Waals surface area contributed by atoms with Crippen molar-refractivity contribution in [3.05, 3.63) is 58.6 Å². The van der Waals surface area contributed by atoms with E-state index in [9.17, 15) is 4.39 Å². The summed E-state index contributed by atoms with van der Waals surface area (Å²) in [4.78, 5) is 4.37. The first kappa shape index (κ1) is 15.7. The fourth-order valence-electron chi connectivity index (χ4n) is 2.28. The average molecular weight is 309 g/mol. The highest BCUT2D eigenvalue weighted by Crippen LogP contribution is 2.29. The van der Waals surface area contributed by atoms with Crippen LogP contribution in [-0.4, -0.2) is 18.6 Å². The summed E-state index contributed by atoms with van der Waals surface area (Å²) in [7, 11) is 1.60. The van der Waals surface area contributed by atoms with Crippen molar-refractivity contribution in [2.45, 2.75) is 19.4 Å². The van der Waals surface area contributed by atoms with Crippen molar-refractivity contribution in [3.63, 3.8) is 0 Å². The van der Waals surface area contributed by atoms with E-state index < -0.39 is 0 Å². The highest BCUT2D eigenvalue weighted by molar-refractivity contribution is 6.31. The molecule has 5 heteroatoms. The van der Waals surface area contributed by atoms with E-state index in [4.69, 9.17) is 16.3 Å². The summed E-state index contributed by atoms with van der Waals surface area (Å²) in [6.45, 7) is 2.72. The van der Waals surface area contributed by atoms with E-state index in [0.29, 0.717) is 22.8 Å². The minimum atomic E-state index is -0.305. The number of rotatable bonds is 6. The van der Waals surface area contributed by atoms with E-state index in [2.05, 4.69) is 10.3 Å². The number of pyridine rings is 1. The van der Waals surface area contributed by atoms with Crippen molar-refractivity contribution in [2.24, 2.45) is 0 Å². The van der Waals surface area contributed by atoms with E-state index in [1.165, 1.54) is 6.07 Å². The molecule has 0 spiro atoms. The van der Waals surface area contributed by atoms with E-state index in [1.54, 1.807) is 31.5 Å². The second-order valence-electron chi connectivity index (χ2n) is 4.61. The number of benzene rings is 1. The summed E-state index contributed by atoms with van der Waals surface area (Å²) < 4.78 is 19.3. The molecule has 1 N–H and O–H groups in total. The van der Waals surface area contributed by atoms with Crippen molar-refractivity contribution in [2.75, 3.05) is 13.7 Å². The topological polar surface area (TPSA) is 34.2 Å². The summed E-state index contributed by atoms with van der Waals surface area (Å²) in [5.41, 5.74) is 1.24. The third-order valence-electron chi connectivity index (χ3n) is 3.27. The Bertz CT molecular complexity index is 586. The van der Waals surface area contributed by atoms with E-state index in [-0.39, 0.29) is 11.9 Å². The molecule has 112 valence electrons. The van der Waals surface area contributed by atoms with Crippen LogP contribution in [0.4, 0.5) is 4.39 Å². The molecule has 2 aromatic rings. The zero-order valence-corrected chi connectivity index (χ0v) is 12.8. The SMILES string of the molecule is CCNC(Cc1c(F)cccc1Cl)c1ncccc1OC. The second kappa shape index (κ2) is 7.38. The molecule has 21 heavy (non-hydrogen) atoms. The Balaban J connectivity index is 2.35. The fourth-order valence-corrected chi connectivity index (χ4v) is 2.52. The van der Waals surface area contributed by atoms with Crippen molar-refractivity contribution in [3.8, 4) is 5.75 Å². The van der Waals surface area contributed by atoms with Crippen LogP contribution in [0, 0.1) is 5.82 Å². The second-order valence-corrected chi connectivity index (χ2v) is 5.01. The summed E-state index contributed by atoms with van der Waals surface area (Å²) >= 11 is 6.12. The number of halogens is 2. The minimum Gasteiger partial charge on any atom is -0.495 e. The summed E-state index contributed by atoms with van der Waals surface area (Å²) in [6, 6.07) is 8.20. The number of aromatic nitrogens is 1. The number of methoxy groups -OCH3 is 1. The predicted octanol–water partition coefficient (Wildman–Crippen LogP) is 3.78. The number of likely N-dealkylation sites (N-methyl/N-ethyl adjacent to an activating group) is 1. The van der Waals surface area contributed by atoms with Gasteiger partial charge in [-0.25, -0.2) is 4.39 Å². The third-order valence-corrected chi connectivity index (χ3v) is 3.62. The standard InChI is InChI=1S/C16H18ClFN2O/c1-3-19-14(16-15(21-2)8-5-9-20-16)10-11-12(17)6-4-7-13(11)18/h4-9,14,19H,3,10H2,1-2H3. The Hall–Kier alpha value is -1.65. The van der Waals surface area contributed by atoms with E-state index >= 15 is 0 Å². The molecule has 0 aliphatic carbocycles. The first-order chi connectivity index (χ1) is 10.2. The Labute approximate surface area is 129 Å². The fraction of sp³-hybridized carbons (Fsp3) is 0.312. The van der Waals surface area contributed by atoms with E-state index in [0.717, 1.165) is 12.2 Å². The maximum absolute atomic E-state index is 14.0. The molecule has 1 heterocycles. The lowest BCUT2D eigenvalue weighted by atomic mass is 10.0. The van der Waals surface area contributed by atoms with Gasteiger partial charge in [-0.15, -0.1) is 0 Å². The predicted molar refractivity (Wildman–Crippen MR) is 82.3 cm³/mol. The van der Waals surface area contributed by atoms with E-state index in [1.807, 2.05) is 13.0 Å². The first-order valence-corrected chi connectivity index (χ1v) is 7.20. The van der Waals surface area contributed by atoms with Gasteiger partial charge in [0.2, 0.25) is 0 Å². The number of hydrogen-bond acceptors (Lipinski definition) is 3. The van der Waals surface area contributed by atoms with Gasteiger partial charge in [-0.3, -0.25) is 4.98 Å². The van der Waals surface area contributed by atoms with Gasteiger partial charge in [0.1, 0.15) is 11.6 Å². The third kappa shape index (κ3) is 3.71. The normalized spacial score (nSPS) is 12.2. The molecule has 0 bridgehead atoms.